The second-order valence-electron chi connectivity index (χ2n) is 2.77. The quantitative estimate of drug-likeness (QED) is 0.269. The third-order valence-electron chi connectivity index (χ3n) is 1.47. The van der Waals surface area contributed by atoms with E-state index in [9.17, 15) is 19.7 Å². The first-order chi connectivity index (χ1) is 5.91. The summed E-state index contributed by atoms with van der Waals surface area (Å²) in [5, 5.41) is 10.3. The van der Waals surface area contributed by atoms with E-state index >= 15 is 0 Å². The monoisotopic (exact) mass is 189 g/mol. The molecule has 0 aromatic carbocycles. The lowest BCUT2D eigenvalue weighted by molar-refractivity contribution is -0.496. The fraction of sp³-hybridized carbons (Fsp3) is 0.714. The largest absolute Gasteiger partial charge is 0.464 e. The van der Waals surface area contributed by atoms with Crippen LogP contribution in [0.25, 0.3) is 0 Å². The molecule has 1 atom stereocenters. The predicted octanol–water partition coefficient (Wildman–Crippen LogP) is 0.0298. The molecule has 0 radical (unpaired) electrons. The van der Waals surface area contributed by atoms with Crippen molar-refractivity contribution >= 4 is 11.8 Å². The minimum Gasteiger partial charge on any atom is -0.464 e. The summed E-state index contributed by atoms with van der Waals surface area (Å²) >= 11 is 0. The number of nitrogens with zero attached hydrogens (tertiary/aromatic N) is 1. The van der Waals surface area contributed by atoms with Crippen LogP contribution in [0.3, 0.4) is 0 Å². The highest BCUT2D eigenvalue weighted by Crippen LogP contribution is 2.04. The smallest absolute Gasteiger partial charge is 0.389 e. The van der Waals surface area contributed by atoms with E-state index in [0.717, 1.165) is 7.11 Å². The van der Waals surface area contributed by atoms with Crippen LogP contribution in [0.5, 0.6) is 0 Å². The molecular formula is C7H11NO5. The summed E-state index contributed by atoms with van der Waals surface area (Å²) < 4.78 is 4.14. The van der Waals surface area contributed by atoms with Crippen LogP contribution < -0.4 is 0 Å². The molecule has 0 aliphatic carbocycles. The van der Waals surface area contributed by atoms with Crippen LogP contribution in [0.1, 0.15) is 13.8 Å². The highest BCUT2D eigenvalue weighted by Gasteiger charge is 2.39. The molecule has 0 fully saturated rings. The number of carbonyl (C=O) groups is 2. The fourth-order valence-electron chi connectivity index (χ4n) is 0.733. The van der Waals surface area contributed by atoms with Crippen molar-refractivity contribution in [3.63, 3.8) is 0 Å². The van der Waals surface area contributed by atoms with Gasteiger partial charge in [-0.15, -0.1) is 0 Å². The molecule has 0 aliphatic heterocycles. The molecule has 0 N–H and O–H groups in total. The maximum atomic E-state index is 11.1. The Morgan fingerprint density at radius 2 is 1.85 bits per heavy atom. The minimum absolute atomic E-state index is 0.561. The van der Waals surface area contributed by atoms with Crippen LogP contribution in [0, 0.1) is 16.0 Å². The zero-order valence-electron chi connectivity index (χ0n) is 7.64. The van der Waals surface area contributed by atoms with E-state index in [0.29, 0.717) is 0 Å². The second kappa shape index (κ2) is 4.54. The van der Waals surface area contributed by atoms with Crippen molar-refractivity contribution in [1.29, 1.82) is 0 Å². The molecule has 13 heavy (non-hydrogen) atoms. The van der Waals surface area contributed by atoms with E-state index in [1.807, 2.05) is 0 Å². The van der Waals surface area contributed by atoms with Crippen molar-refractivity contribution in [1.82, 2.24) is 0 Å². The zero-order chi connectivity index (χ0) is 10.6. The van der Waals surface area contributed by atoms with E-state index in [2.05, 4.69) is 4.74 Å². The number of esters is 1. The number of carbonyl (C=O) groups excluding carboxylic acids is 2. The van der Waals surface area contributed by atoms with Gasteiger partial charge in [0.1, 0.15) is 0 Å². The van der Waals surface area contributed by atoms with Crippen molar-refractivity contribution in [3.8, 4) is 0 Å². The molecule has 74 valence electrons. The normalized spacial score (nSPS) is 12.3. The SMILES string of the molecule is COC(=O)C(C(=O)C(C)C)[N+](=O)[O-]. The average Bonchev–Trinajstić information content (AvgIpc) is 2.03. The second-order valence-corrected chi connectivity index (χ2v) is 2.77. The van der Waals surface area contributed by atoms with Crippen LogP contribution in [-0.2, 0) is 14.3 Å². The molecule has 0 saturated heterocycles. The van der Waals surface area contributed by atoms with Gasteiger partial charge in [-0.05, 0) is 0 Å². The van der Waals surface area contributed by atoms with Crippen molar-refractivity contribution < 1.29 is 19.2 Å². The minimum atomic E-state index is -1.88. The molecule has 0 aliphatic rings. The summed E-state index contributed by atoms with van der Waals surface area (Å²) in [7, 11) is 1.01. The van der Waals surface area contributed by atoms with Gasteiger partial charge in [-0.1, -0.05) is 13.8 Å². The molecule has 0 saturated carbocycles. The third-order valence-corrected chi connectivity index (χ3v) is 1.47. The summed E-state index contributed by atoms with van der Waals surface area (Å²) in [6, 6.07) is -1.88. The Morgan fingerprint density at radius 3 is 2.08 bits per heavy atom. The van der Waals surface area contributed by atoms with Crippen molar-refractivity contribution in [2.24, 2.45) is 5.92 Å². The van der Waals surface area contributed by atoms with E-state index < -0.39 is 28.6 Å². The van der Waals surface area contributed by atoms with Gasteiger partial charge in [-0.2, -0.15) is 0 Å². The van der Waals surface area contributed by atoms with Gasteiger partial charge >= 0.3 is 12.0 Å². The molecule has 0 spiro atoms. The molecular weight excluding hydrogens is 178 g/mol. The van der Waals surface area contributed by atoms with Crippen LogP contribution in [0.2, 0.25) is 0 Å². The topological polar surface area (TPSA) is 86.5 Å². The Kier molecular flexibility index (Phi) is 4.03. The summed E-state index contributed by atoms with van der Waals surface area (Å²) in [6.07, 6.45) is 0. The Balaban J connectivity index is 4.72. The summed E-state index contributed by atoms with van der Waals surface area (Å²) in [4.78, 5) is 31.4. The van der Waals surface area contributed by atoms with Crippen molar-refractivity contribution in [2.75, 3.05) is 7.11 Å². The Morgan fingerprint density at radius 1 is 1.38 bits per heavy atom. The Hall–Kier alpha value is -1.46. The molecule has 0 bridgehead atoms. The van der Waals surface area contributed by atoms with Crippen LogP contribution in [0.15, 0.2) is 0 Å². The van der Waals surface area contributed by atoms with Gasteiger partial charge in [0.15, 0.2) is 0 Å². The maximum Gasteiger partial charge on any atom is 0.389 e. The van der Waals surface area contributed by atoms with Gasteiger partial charge in [0.2, 0.25) is 5.78 Å². The highest BCUT2D eigenvalue weighted by atomic mass is 16.6. The van der Waals surface area contributed by atoms with Crippen LogP contribution >= 0.6 is 0 Å². The summed E-state index contributed by atoms with van der Waals surface area (Å²) in [5.74, 6) is -2.42. The number of rotatable bonds is 4. The predicted molar refractivity (Wildman–Crippen MR) is 42.6 cm³/mol. The van der Waals surface area contributed by atoms with E-state index in [1.54, 1.807) is 0 Å². The molecule has 0 heterocycles. The molecule has 0 amide bonds. The van der Waals surface area contributed by atoms with Gasteiger partial charge < -0.3 is 4.74 Å². The zero-order valence-corrected chi connectivity index (χ0v) is 7.64. The standard InChI is InChI=1S/C7H11NO5/c1-4(2)6(9)5(8(11)12)7(10)13-3/h4-5H,1-3H3. The maximum absolute atomic E-state index is 11.1. The molecule has 1 unspecified atom stereocenters. The lowest BCUT2D eigenvalue weighted by Gasteiger charge is -2.07. The third kappa shape index (κ3) is 2.81. The summed E-state index contributed by atoms with van der Waals surface area (Å²) in [5.41, 5.74) is 0. The van der Waals surface area contributed by atoms with Gasteiger partial charge in [0.05, 0.1) is 7.11 Å². The first-order valence-corrected chi connectivity index (χ1v) is 3.66. The molecule has 0 aromatic heterocycles. The lowest BCUT2D eigenvalue weighted by Crippen LogP contribution is -2.40. The van der Waals surface area contributed by atoms with E-state index in [4.69, 9.17) is 0 Å². The molecule has 6 heteroatoms. The number of Topliss-reactive ketones (excluding diaryl/α,β-unsaturated/α-hetero) is 1. The fourth-order valence-corrected chi connectivity index (χ4v) is 0.733. The lowest BCUT2D eigenvalue weighted by atomic mass is 10.0. The van der Waals surface area contributed by atoms with Gasteiger partial charge in [0, 0.05) is 10.8 Å². The number of hydrogen-bond acceptors (Lipinski definition) is 5. The number of methoxy groups -OCH3 is 1. The molecule has 0 aromatic rings. The number of ketones is 1. The van der Waals surface area contributed by atoms with E-state index in [1.165, 1.54) is 13.8 Å². The van der Waals surface area contributed by atoms with Crippen molar-refractivity contribution in [3.05, 3.63) is 10.1 Å². The van der Waals surface area contributed by atoms with Gasteiger partial charge in [-0.25, -0.2) is 4.79 Å². The molecule has 6 nitrogen and oxygen atoms in total. The van der Waals surface area contributed by atoms with Crippen LogP contribution in [-0.4, -0.2) is 29.8 Å². The Bertz CT molecular complexity index is 235. The average molecular weight is 189 g/mol. The van der Waals surface area contributed by atoms with Crippen molar-refractivity contribution in [2.45, 2.75) is 19.9 Å². The van der Waals surface area contributed by atoms with Crippen LogP contribution in [0.4, 0.5) is 0 Å². The Labute approximate surface area is 75.0 Å². The van der Waals surface area contributed by atoms with E-state index in [-0.39, 0.29) is 0 Å². The number of nitro groups is 1. The first kappa shape index (κ1) is 11.5. The number of hydrogen-bond donors (Lipinski definition) is 0. The van der Waals surface area contributed by atoms with Gasteiger partial charge in [0.25, 0.3) is 0 Å². The summed E-state index contributed by atoms with van der Waals surface area (Å²) in [6.45, 7) is 2.98. The highest BCUT2D eigenvalue weighted by molar-refractivity contribution is 6.02. The van der Waals surface area contributed by atoms with Gasteiger partial charge in [-0.3, -0.25) is 14.9 Å². The molecule has 0 rings (SSSR count). The number of ether oxygens (including phenoxy) is 1. The first-order valence-electron chi connectivity index (χ1n) is 3.66.